The highest BCUT2D eigenvalue weighted by atomic mass is 16.2. The van der Waals surface area contributed by atoms with Gasteiger partial charge in [0.15, 0.2) is 6.29 Å². The average molecular weight is 585 g/mol. The molecular formula is C32H64N4O5. The van der Waals surface area contributed by atoms with E-state index >= 15 is 0 Å². The van der Waals surface area contributed by atoms with Crippen LogP contribution in [-0.2, 0) is 19.2 Å². The van der Waals surface area contributed by atoms with Crippen LogP contribution in [0.3, 0.4) is 0 Å². The van der Waals surface area contributed by atoms with Gasteiger partial charge in [0.1, 0.15) is 6.29 Å². The zero-order valence-electron chi connectivity index (χ0n) is 27.9. The van der Waals surface area contributed by atoms with Crippen LogP contribution in [0.25, 0.3) is 0 Å². The molecule has 1 aliphatic carbocycles. The largest absolute Gasteiger partial charge is 0.400 e. The number of ketones is 1. The third-order valence-corrected chi connectivity index (χ3v) is 7.61. The number of amides is 1. The molecule has 9 nitrogen and oxygen atoms in total. The first-order chi connectivity index (χ1) is 19.6. The Balaban J connectivity index is -0.000000600. The summed E-state index contributed by atoms with van der Waals surface area (Å²) in [5.74, 6) is 1.15. The molecular weight excluding hydrogens is 520 g/mol. The van der Waals surface area contributed by atoms with Crippen LogP contribution < -0.4 is 16.0 Å². The molecule has 1 saturated carbocycles. The van der Waals surface area contributed by atoms with Crippen molar-refractivity contribution in [1.29, 1.82) is 0 Å². The summed E-state index contributed by atoms with van der Waals surface area (Å²) in [5.41, 5.74) is 0. The number of rotatable bonds is 12. The predicted molar refractivity (Wildman–Crippen MR) is 171 cm³/mol. The molecule has 2 aliphatic rings. The van der Waals surface area contributed by atoms with Crippen LogP contribution in [0.15, 0.2) is 12.7 Å². The number of aldehydes is 2. The zero-order chi connectivity index (χ0) is 32.4. The van der Waals surface area contributed by atoms with E-state index in [9.17, 15) is 19.2 Å². The average Bonchev–Trinajstić information content (AvgIpc) is 3.30. The molecule has 9 heteroatoms. The van der Waals surface area contributed by atoms with Crippen molar-refractivity contribution in [2.45, 2.75) is 105 Å². The number of hydrogen-bond donors (Lipinski definition) is 4. The minimum Gasteiger partial charge on any atom is -0.400 e. The molecule has 0 radical (unpaired) electrons. The SMILES string of the molecule is C=CCNC.CC.CCCC(NC(=O)C1C(C)[C@@H](C(C)C)CN1C)C(=O)C=O.CNC(C=O)C1CCCCC1.CO. The Bertz CT molecular complexity index is 683. The summed E-state index contributed by atoms with van der Waals surface area (Å²) in [7, 11) is 6.70. The maximum atomic E-state index is 12.5. The van der Waals surface area contributed by atoms with E-state index in [0.717, 1.165) is 32.9 Å². The molecule has 5 atom stereocenters. The highest BCUT2D eigenvalue weighted by molar-refractivity contribution is 6.27. The van der Waals surface area contributed by atoms with Crippen molar-refractivity contribution < 1.29 is 24.3 Å². The van der Waals surface area contributed by atoms with Crippen LogP contribution in [0.5, 0.6) is 0 Å². The normalized spacial score (nSPS) is 21.5. The summed E-state index contributed by atoms with van der Waals surface area (Å²) in [6.07, 6.45) is 10.8. The molecule has 0 aromatic carbocycles. The van der Waals surface area contributed by atoms with Gasteiger partial charge in [-0.25, -0.2) is 0 Å². The van der Waals surface area contributed by atoms with Gasteiger partial charge in [-0.15, -0.1) is 6.58 Å². The molecule has 0 aromatic heterocycles. The van der Waals surface area contributed by atoms with Gasteiger partial charge < -0.3 is 25.9 Å². The Kier molecular flexibility index (Phi) is 29.9. The summed E-state index contributed by atoms with van der Waals surface area (Å²) in [5, 5.41) is 15.7. The molecule has 2 fully saturated rings. The Hall–Kier alpha value is -1.94. The van der Waals surface area contributed by atoms with Gasteiger partial charge in [0, 0.05) is 20.2 Å². The molecule has 242 valence electrons. The van der Waals surface area contributed by atoms with Crippen LogP contribution in [0.1, 0.15) is 86.5 Å². The van der Waals surface area contributed by atoms with E-state index in [2.05, 4.69) is 48.2 Å². The minimum absolute atomic E-state index is 0.107. The van der Waals surface area contributed by atoms with Crippen molar-refractivity contribution in [3.05, 3.63) is 12.7 Å². The summed E-state index contributed by atoms with van der Waals surface area (Å²) in [6, 6.07) is -0.801. The van der Waals surface area contributed by atoms with Crippen molar-refractivity contribution in [1.82, 2.24) is 20.9 Å². The number of aliphatic hydroxyl groups is 1. The lowest BCUT2D eigenvalue weighted by atomic mass is 9.84. The molecule has 0 spiro atoms. The number of likely N-dealkylation sites (tertiary alicyclic amines) is 1. The molecule has 2 rings (SSSR count). The van der Waals surface area contributed by atoms with E-state index in [1.54, 1.807) is 0 Å². The van der Waals surface area contributed by atoms with Gasteiger partial charge in [-0.3, -0.25) is 19.3 Å². The van der Waals surface area contributed by atoms with E-state index in [1.807, 2.05) is 48.0 Å². The van der Waals surface area contributed by atoms with Gasteiger partial charge in [0.2, 0.25) is 11.7 Å². The lowest BCUT2D eigenvalue weighted by molar-refractivity contribution is -0.134. The third kappa shape index (κ3) is 17.6. The maximum absolute atomic E-state index is 12.5. The Morgan fingerprint density at radius 1 is 1.07 bits per heavy atom. The number of nitrogens with one attached hydrogen (secondary N) is 3. The quantitative estimate of drug-likeness (QED) is 0.156. The minimum atomic E-state index is -0.682. The fourth-order valence-electron chi connectivity index (χ4n) is 5.47. The van der Waals surface area contributed by atoms with Crippen LogP contribution in [-0.4, -0.2) is 93.7 Å². The highest BCUT2D eigenvalue weighted by Gasteiger charge is 2.42. The summed E-state index contributed by atoms with van der Waals surface area (Å²) < 4.78 is 0. The molecule has 1 heterocycles. The van der Waals surface area contributed by atoms with E-state index in [-0.39, 0.29) is 23.9 Å². The standard InChI is InChI=1S/C16H28N2O3.C9H17NO.C4H9N.C2H6.CH4O/c1-6-7-13(14(20)9-19)17-16(21)15-11(4)12(10(2)3)8-18(15)5;1-10-9(7-11)8-5-3-2-4-6-8;1-3-4-5-2;2*1-2/h9-13,15H,6-8H2,1-5H3,(H,17,21);7-10H,2-6H2,1H3;3,5H,1,4H2,2H3;1-2H3;2H,1H3/t11?,12-,13?,15?;;;;/m1..../s1. The maximum Gasteiger partial charge on any atom is 0.238 e. The fraction of sp³-hybridized carbons (Fsp3) is 0.812. The van der Waals surface area contributed by atoms with Gasteiger partial charge >= 0.3 is 0 Å². The third-order valence-electron chi connectivity index (χ3n) is 7.61. The second-order valence-electron chi connectivity index (χ2n) is 10.7. The highest BCUT2D eigenvalue weighted by Crippen LogP contribution is 2.33. The number of carbonyl (C=O) groups is 4. The molecule has 1 saturated heterocycles. The van der Waals surface area contributed by atoms with E-state index in [4.69, 9.17) is 5.11 Å². The van der Waals surface area contributed by atoms with Crippen molar-refractivity contribution >= 4 is 24.3 Å². The lowest BCUT2D eigenvalue weighted by Gasteiger charge is -2.25. The van der Waals surface area contributed by atoms with Crippen molar-refractivity contribution in [3.63, 3.8) is 0 Å². The number of hydrogen-bond acceptors (Lipinski definition) is 8. The molecule has 4 N–H and O–H groups in total. The lowest BCUT2D eigenvalue weighted by Crippen LogP contribution is -2.50. The fourth-order valence-corrected chi connectivity index (χ4v) is 5.47. The first kappa shape index (κ1) is 43.5. The smallest absolute Gasteiger partial charge is 0.238 e. The first-order valence-corrected chi connectivity index (χ1v) is 15.5. The first-order valence-electron chi connectivity index (χ1n) is 15.5. The van der Waals surface area contributed by atoms with Gasteiger partial charge in [0.05, 0.1) is 18.1 Å². The van der Waals surface area contributed by atoms with Gasteiger partial charge in [-0.2, -0.15) is 0 Å². The van der Waals surface area contributed by atoms with E-state index < -0.39 is 11.8 Å². The van der Waals surface area contributed by atoms with Crippen LogP contribution in [0, 0.1) is 23.7 Å². The van der Waals surface area contributed by atoms with Crippen molar-refractivity contribution in [3.8, 4) is 0 Å². The van der Waals surface area contributed by atoms with Crippen LogP contribution in [0.2, 0.25) is 0 Å². The molecule has 0 bridgehead atoms. The topological polar surface area (TPSA) is 128 Å². The zero-order valence-corrected chi connectivity index (χ0v) is 27.9. The van der Waals surface area contributed by atoms with E-state index in [0.29, 0.717) is 30.5 Å². The second kappa shape index (κ2) is 28.2. The molecule has 1 amide bonds. The van der Waals surface area contributed by atoms with Crippen LogP contribution in [0.4, 0.5) is 0 Å². The van der Waals surface area contributed by atoms with Gasteiger partial charge in [-0.1, -0.05) is 73.3 Å². The Morgan fingerprint density at radius 3 is 1.98 bits per heavy atom. The molecule has 0 aromatic rings. The number of likely N-dealkylation sites (N-methyl/N-ethyl adjacent to an activating group) is 3. The molecule has 4 unspecified atom stereocenters. The molecule has 1 aliphatic heterocycles. The summed E-state index contributed by atoms with van der Waals surface area (Å²) in [4.78, 5) is 47.4. The van der Waals surface area contributed by atoms with Crippen molar-refractivity contribution in [2.24, 2.45) is 23.7 Å². The predicted octanol–water partition coefficient (Wildman–Crippen LogP) is 3.64. The Labute approximate surface area is 251 Å². The summed E-state index contributed by atoms with van der Waals surface area (Å²) in [6.45, 7) is 17.6. The van der Waals surface area contributed by atoms with Crippen LogP contribution >= 0.6 is 0 Å². The van der Waals surface area contributed by atoms with Gasteiger partial charge in [-0.05, 0) is 64.1 Å². The number of Topliss-reactive ketones (excluding diaryl/α,β-unsaturated/α-hetero) is 1. The Morgan fingerprint density at radius 2 is 1.63 bits per heavy atom. The number of aliphatic hydroxyl groups excluding tert-OH is 1. The second-order valence-corrected chi connectivity index (χ2v) is 10.7. The number of nitrogens with zero attached hydrogens (tertiary/aromatic N) is 1. The summed E-state index contributed by atoms with van der Waals surface area (Å²) >= 11 is 0. The number of carbonyl (C=O) groups excluding carboxylic acids is 4. The monoisotopic (exact) mass is 584 g/mol. The molecule has 41 heavy (non-hydrogen) atoms. The van der Waals surface area contributed by atoms with Gasteiger partial charge in [0.25, 0.3) is 0 Å². The van der Waals surface area contributed by atoms with Crippen molar-refractivity contribution in [2.75, 3.05) is 41.3 Å². The van der Waals surface area contributed by atoms with E-state index in [1.165, 1.54) is 32.1 Å².